The van der Waals surface area contributed by atoms with Crippen molar-refractivity contribution in [3.8, 4) is 10.4 Å². The Kier molecular flexibility index (Phi) is 10.0. The molecule has 0 bridgehead atoms. The van der Waals surface area contributed by atoms with Gasteiger partial charge in [-0.1, -0.05) is 49.6 Å². The smallest absolute Gasteiger partial charge is 0.407 e. The molecule has 6 rings (SSSR count). The lowest BCUT2D eigenvalue weighted by Gasteiger charge is -2.44. The molecule has 49 heavy (non-hydrogen) atoms. The molecule has 262 valence electrons. The summed E-state index contributed by atoms with van der Waals surface area (Å²) >= 11 is 1.12. The number of carboxylic acid groups (broad SMARTS) is 1. The summed E-state index contributed by atoms with van der Waals surface area (Å²) in [6.07, 6.45) is 6.20. The number of rotatable bonds is 8. The van der Waals surface area contributed by atoms with Gasteiger partial charge in [-0.05, 0) is 69.7 Å². The highest BCUT2D eigenvalue weighted by molar-refractivity contribution is 7.89. The molecule has 2 N–H and O–H groups in total. The first-order valence-corrected chi connectivity index (χ1v) is 19.0. The highest BCUT2D eigenvalue weighted by Gasteiger charge is 2.44. The van der Waals surface area contributed by atoms with Crippen LogP contribution < -0.4 is 15.1 Å². The Morgan fingerprint density at radius 1 is 1.02 bits per heavy atom. The number of hydrogen-bond donors (Lipinski definition) is 2. The number of sulfonamides is 1. The summed E-state index contributed by atoms with van der Waals surface area (Å²) in [4.78, 5) is 47.5. The molecule has 2 amide bonds. The van der Waals surface area contributed by atoms with Crippen LogP contribution in [-0.2, 0) is 19.6 Å². The second kappa shape index (κ2) is 14.1. The van der Waals surface area contributed by atoms with Crippen molar-refractivity contribution in [2.24, 2.45) is 5.92 Å². The Labute approximate surface area is 291 Å². The van der Waals surface area contributed by atoms with Gasteiger partial charge in [0.15, 0.2) is 0 Å². The first kappa shape index (κ1) is 34.8. The van der Waals surface area contributed by atoms with Crippen molar-refractivity contribution >= 4 is 50.8 Å². The number of carboxylic acids is 1. The third-order valence-corrected chi connectivity index (χ3v) is 12.3. The summed E-state index contributed by atoms with van der Waals surface area (Å²) in [6.45, 7) is 6.20. The molecule has 3 fully saturated rings. The lowest BCUT2D eigenvalue weighted by molar-refractivity contribution is -0.121. The predicted molar refractivity (Wildman–Crippen MR) is 188 cm³/mol. The van der Waals surface area contributed by atoms with Gasteiger partial charge in [0.1, 0.15) is 21.2 Å². The normalized spacial score (nSPS) is 21.2. The number of benzene rings is 1. The number of thiophene rings is 1. The van der Waals surface area contributed by atoms with Gasteiger partial charge in [-0.2, -0.15) is 4.31 Å². The Balaban J connectivity index is 1.22. The van der Waals surface area contributed by atoms with Crippen LogP contribution in [0.2, 0.25) is 0 Å². The number of hydrogen-bond acceptors (Lipinski definition) is 9. The average molecular weight is 710 g/mol. The van der Waals surface area contributed by atoms with Gasteiger partial charge in [-0.3, -0.25) is 4.79 Å². The van der Waals surface area contributed by atoms with E-state index in [4.69, 9.17) is 4.74 Å². The van der Waals surface area contributed by atoms with Crippen LogP contribution in [0.4, 0.5) is 16.3 Å². The molecule has 3 aliphatic rings. The number of anilines is 2. The summed E-state index contributed by atoms with van der Waals surface area (Å²) in [5, 5.41) is 13.1. The summed E-state index contributed by atoms with van der Waals surface area (Å²) in [6, 6.07) is 13.7. The van der Waals surface area contributed by atoms with Gasteiger partial charge in [0.05, 0.1) is 24.3 Å². The Morgan fingerprint density at radius 3 is 2.41 bits per heavy atom. The topological polar surface area (TPSA) is 149 Å². The fourth-order valence-electron chi connectivity index (χ4n) is 7.02. The van der Waals surface area contributed by atoms with Gasteiger partial charge in [-0.15, -0.1) is 11.3 Å². The number of nitrogens with zero attached hydrogens (tertiary/aromatic N) is 4. The zero-order chi connectivity index (χ0) is 34.9. The van der Waals surface area contributed by atoms with Crippen LogP contribution in [0.3, 0.4) is 0 Å². The summed E-state index contributed by atoms with van der Waals surface area (Å²) in [5.41, 5.74) is 0.574. The van der Waals surface area contributed by atoms with Crippen LogP contribution in [-0.4, -0.2) is 84.6 Å². The van der Waals surface area contributed by atoms with E-state index in [1.807, 2.05) is 35.2 Å². The number of aromatic nitrogens is 1. The largest absolute Gasteiger partial charge is 0.477 e. The van der Waals surface area contributed by atoms with Crippen LogP contribution >= 0.6 is 11.3 Å². The number of amides is 2. The number of aromatic carboxylic acids is 1. The minimum Gasteiger partial charge on any atom is -0.477 e. The fourth-order valence-corrected chi connectivity index (χ4v) is 9.37. The van der Waals surface area contributed by atoms with E-state index in [2.05, 4.69) is 10.3 Å². The quantitative estimate of drug-likeness (QED) is 0.305. The highest BCUT2D eigenvalue weighted by atomic mass is 32.2. The van der Waals surface area contributed by atoms with Gasteiger partial charge >= 0.3 is 12.1 Å². The van der Waals surface area contributed by atoms with Crippen molar-refractivity contribution in [1.29, 1.82) is 0 Å². The monoisotopic (exact) mass is 709 g/mol. The molecule has 1 aliphatic carbocycles. The Morgan fingerprint density at radius 2 is 1.76 bits per heavy atom. The molecular formula is C35H43N5O7S2. The number of alkyl carbamates (subject to hydrolysis) is 1. The van der Waals surface area contributed by atoms with Gasteiger partial charge in [-0.25, -0.2) is 23.0 Å². The molecule has 2 aromatic heterocycles. The minimum atomic E-state index is -4.10. The van der Waals surface area contributed by atoms with Gasteiger partial charge in [0.25, 0.3) is 0 Å². The number of carbonyl (C=O) groups excluding carboxylic acids is 2. The summed E-state index contributed by atoms with van der Waals surface area (Å²) in [7, 11) is -4.10. The van der Waals surface area contributed by atoms with E-state index in [0.29, 0.717) is 31.0 Å². The zero-order valence-corrected chi connectivity index (χ0v) is 29.6. The van der Waals surface area contributed by atoms with E-state index in [1.54, 1.807) is 37.8 Å². The molecule has 2 atom stereocenters. The van der Waals surface area contributed by atoms with Crippen molar-refractivity contribution in [1.82, 2.24) is 14.6 Å². The molecule has 3 aromatic rings. The fraction of sp³-hybridized carbons (Fsp3) is 0.486. The second-order valence-corrected chi connectivity index (χ2v) is 16.9. The van der Waals surface area contributed by atoms with Crippen LogP contribution in [0.1, 0.15) is 69.0 Å². The number of piperazine rings is 1. The molecule has 0 radical (unpaired) electrons. The lowest BCUT2D eigenvalue weighted by Crippen LogP contribution is -2.60. The van der Waals surface area contributed by atoms with Gasteiger partial charge < -0.3 is 25.0 Å². The van der Waals surface area contributed by atoms with Crippen molar-refractivity contribution in [2.45, 2.75) is 81.9 Å². The zero-order valence-electron chi connectivity index (χ0n) is 28.0. The standard InChI is InChI=1S/C35H43N5O7S2/c1-35(2,3)47-34(44)37-25-16-17-38(20-25)30-15-14-26(19-36-30)49(45,46)39-21-28(23-10-6-4-7-11-23)40(31(41)22-39)27-18-29(48-32(27)33(42)43)24-12-8-5-9-13-24/h5,8-9,12-15,18-19,23,25,28H,4,6-7,10-11,16-17,20-22H2,1-3H3,(H,37,44)(H,42,43). The summed E-state index contributed by atoms with van der Waals surface area (Å²) in [5.74, 6) is -0.962. The molecule has 2 aliphatic heterocycles. The first-order chi connectivity index (χ1) is 23.3. The number of nitrogens with one attached hydrogen (secondary N) is 1. The van der Waals surface area contributed by atoms with E-state index in [-0.39, 0.29) is 28.3 Å². The van der Waals surface area contributed by atoms with Crippen LogP contribution in [0.15, 0.2) is 59.6 Å². The van der Waals surface area contributed by atoms with Gasteiger partial charge in [0.2, 0.25) is 15.9 Å². The van der Waals surface area contributed by atoms with Crippen molar-refractivity contribution in [3.63, 3.8) is 0 Å². The maximum absolute atomic E-state index is 14.0. The van der Waals surface area contributed by atoms with E-state index in [9.17, 15) is 27.9 Å². The summed E-state index contributed by atoms with van der Waals surface area (Å²) < 4.78 is 34.7. The molecule has 2 unspecified atom stereocenters. The van der Waals surface area contributed by atoms with E-state index in [0.717, 1.165) is 53.9 Å². The van der Waals surface area contributed by atoms with Gasteiger partial charge in [0, 0.05) is 30.7 Å². The molecule has 1 aromatic carbocycles. The molecule has 12 nitrogen and oxygen atoms in total. The van der Waals surface area contributed by atoms with Crippen LogP contribution in [0.25, 0.3) is 10.4 Å². The Hall–Kier alpha value is -4.01. The third-order valence-electron chi connectivity index (χ3n) is 9.31. The molecule has 2 saturated heterocycles. The number of carbonyl (C=O) groups is 3. The Bertz CT molecular complexity index is 1780. The first-order valence-electron chi connectivity index (χ1n) is 16.8. The minimum absolute atomic E-state index is 0.0179. The van der Waals surface area contributed by atoms with Crippen LogP contribution in [0, 0.1) is 5.92 Å². The highest BCUT2D eigenvalue weighted by Crippen LogP contribution is 2.42. The van der Waals surface area contributed by atoms with Crippen molar-refractivity contribution < 1.29 is 32.6 Å². The molecule has 0 spiro atoms. The molecule has 1 saturated carbocycles. The number of ether oxygens (including phenoxy) is 1. The SMILES string of the molecule is CC(C)(C)OC(=O)NC1CCN(c2ccc(S(=O)(=O)N3CC(=O)N(c4cc(-c5ccccc5)sc4C(=O)O)C(C4CCCCC4)C3)cn2)C1. The predicted octanol–water partition coefficient (Wildman–Crippen LogP) is 5.60. The average Bonchev–Trinajstić information content (AvgIpc) is 3.72. The maximum atomic E-state index is 14.0. The van der Waals surface area contributed by atoms with E-state index < -0.39 is 46.2 Å². The van der Waals surface area contributed by atoms with E-state index in [1.165, 1.54) is 16.6 Å². The molecule has 14 heteroatoms. The molecule has 4 heterocycles. The third kappa shape index (κ3) is 7.76. The second-order valence-electron chi connectivity index (χ2n) is 14.0. The lowest BCUT2D eigenvalue weighted by atomic mass is 9.82. The van der Waals surface area contributed by atoms with Crippen molar-refractivity contribution in [3.05, 3.63) is 59.6 Å². The maximum Gasteiger partial charge on any atom is 0.407 e. The van der Waals surface area contributed by atoms with Crippen molar-refractivity contribution in [2.75, 3.05) is 36.0 Å². The molecular weight excluding hydrogens is 667 g/mol. The van der Waals surface area contributed by atoms with Crippen LogP contribution in [0.5, 0.6) is 0 Å². The van der Waals surface area contributed by atoms with E-state index >= 15 is 0 Å². The number of pyridine rings is 1.